The Bertz CT molecular complexity index is 1330. The van der Waals surface area contributed by atoms with Gasteiger partial charge in [0.2, 0.25) is 5.91 Å². The van der Waals surface area contributed by atoms with Crippen LogP contribution in [0.3, 0.4) is 0 Å². The molecule has 0 unspecified atom stereocenters. The number of anilines is 1. The first kappa shape index (κ1) is 21.2. The van der Waals surface area contributed by atoms with Gasteiger partial charge in [-0.1, -0.05) is 18.2 Å². The maximum Gasteiger partial charge on any atom is 0.435 e. The van der Waals surface area contributed by atoms with Crippen LogP contribution >= 0.6 is 0 Å². The molecule has 1 fully saturated rings. The molecule has 1 amide bonds. The van der Waals surface area contributed by atoms with Crippen LogP contribution in [-0.2, 0) is 23.8 Å². The Morgan fingerprint density at radius 3 is 2.52 bits per heavy atom. The summed E-state index contributed by atoms with van der Waals surface area (Å²) in [6.07, 6.45) is -0.383. The van der Waals surface area contributed by atoms with E-state index in [9.17, 15) is 18.0 Å². The van der Waals surface area contributed by atoms with Crippen LogP contribution in [0.15, 0.2) is 48.7 Å². The van der Waals surface area contributed by atoms with Crippen molar-refractivity contribution in [3.8, 4) is 5.69 Å². The van der Waals surface area contributed by atoms with Crippen molar-refractivity contribution in [1.29, 1.82) is 0 Å². The summed E-state index contributed by atoms with van der Waals surface area (Å²) in [6, 6.07) is 12.9. The van der Waals surface area contributed by atoms with Crippen LogP contribution in [0.5, 0.6) is 0 Å². The highest BCUT2D eigenvalue weighted by molar-refractivity contribution is 5.94. The molecule has 0 N–H and O–H groups in total. The molecule has 0 radical (unpaired) electrons. The fourth-order valence-electron chi connectivity index (χ4n) is 4.14. The number of imidazole rings is 2. The zero-order valence-corrected chi connectivity index (χ0v) is 17.9. The van der Waals surface area contributed by atoms with Crippen molar-refractivity contribution in [3.63, 3.8) is 0 Å². The summed E-state index contributed by atoms with van der Waals surface area (Å²) in [4.78, 5) is 22.3. The third kappa shape index (κ3) is 3.96. The SMILES string of the molecule is Cc1c(C(F)(F)F)nc2ccc(CCc3nc(N4CCCC4=O)cn3-c3ccccc3)nn12. The van der Waals surface area contributed by atoms with Crippen LogP contribution in [0.1, 0.15) is 35.7 Å². The number of amides is 1. The summed E-state index contributed by atoms with van der Waals surface area (Å²) in [5.41, 5.74) is 0.732. The summed E-state index contributed by atoms with van der Waals surface area (Å²) >= 11 is 0. The van der Waals surface area contributed by atoms with E-state index in [1.165, 1.54) is 11.4 Å². The fourth-order valence-corrected chi connectivity index (χ4v) is 4.14. The summed E-state index contributed by atoms with van der Waals surface area (Å²) in [7, 11) is 0. The Morgan fingerprint density at radius 2 is 1.82 bits per heavy atom. The summed E-state index contributed by atoms with van der Waals surface area (Å²) in [6.45, 7) is 2.00. The lowest BCUT2D eigenvalue weighted by Gasteiger charge is -2.10. The number of aryl methyl sites for hydroxylation is 3. The smallest absolute Gasteiger partial charge is 0.302 e. The molecule has 170 valence electrons. The molecule has 5 rings (SSSR count). The van der Waals surface area contributed by atoms with Crippen molar-refractivity contribution in [2.24, 2.45) is 0 Å². The molecule has 1 aromatic carbocycles. The van der Waals surface area contributed by atoms with Gasteiger partial charge >= 0.3 is 6.18 Å². The highest BCUT2D eigenvalue weighted by Crippen LogP contribution is 2.31. The van der Waals surface area contributed by atoms with Crippen molar-refractivity contribution in [2.45, 2.75) is 38.8 Å². The number of carbonyl (C=O) groups is 1. The zero-order chi connectivity index (χ0) is 23.2. The van der Waals surface area contributed by atoms with Crippen LogP contribution < -0.4 is 4.90 Å². The van der Waals surface area contributed by atoms with E-state index in [1.54, 1.807) is 17.0 Å². The fraction of sp³-hybridized carbons (Fsp3) is 0.304. The number of hydrogen-bond donors (Lipinski definition) is 0. The first-order valence-corrected chi connectivity index (χ1v) is 10.7. The summed E-state index contributed by atoms with van der Waals surface area (Å²) in [5, 5.41) is 4.38. The van der Waals surface area contributed by atoms with Gasteiger partial charge in [0.25, 0.3) is 0 Å². The largest absolute Gasteiger partial charge is 0.435 e. The first-order valence-electron chi connectivity index (χ1n) is 10.7. The molecular formula is C23H21F3N6O. The van der Waals surface area contributed by atoms with E-state index >= 15 is 0 Å². The van der Waals surface area contributed by atoms with Gasteiger partial charge in [0, 0.05) is 25.1 Å². The number of aromatic nitrogens is 5. The van der Waals surface area contributed by atoms with Gasteiger partial charge in [-0.25, -0.2) is 14.5 Å². The van der Waals surface area contributed by atoms with E-state index in [1.807, 2.05) is 41.1 Å². The van der Waals surface area contributed by atoms with Crippen molar-refractivity contribution in [2.75, 3.05) is 11.4 Å². The predicted molar refractivity (Wildman–Crippen MR) is 115 cm³/mol. The first-order chi connectivity index (χ1) is 15.8. The zero-order valence-electron chi connectivity index (χ0n) is 17.9. The number of halogens is 3. The Balaban J connectivity index is 1.45. The molecule has 1 aliphatic heterocycles. The third-order valence-electron chi connectivity index (χ3n) is 5.78. The highest BCUT2D eigenvalue weighted by atomic mass is 19.4. The number of fused-ring (bicyclic) bond motifs is 1. The van der Waals surface area contributed by atoms with Gasteiger partial charge < -0.3 is 4.57 Å². The molecule has 3 aromatic heterocycles. The normalized spacial score (nSPS) is 14.5. The molecule has 7 nitrogen and oxygen atoms in total. The maximum absolute atomic E-state index is 13.2. The Labute approximate surface area is 187 Å². The topological polar surface area (TPSA) is 68.3 Å². The molecule has 0 spiro atoms. The molecule has 0 atom stereocenters. The number of carbonyl (C=O) groups excluding carboxylic acids is 1. The Hall–Kier alpha value is -3.69. The molecular weight excluding hydrogens is 433 g/mol. The van der Waals surface area contributed by atoms with Crippen LogP contribution in [0.25, 0.3) is 11.3 Å². The van der Waals surface area contributed by atoms with Gasteiger partial charge in [0.1, 0.15) is 5.82 Å². The van der Waals surface area contributed by atoms with E-state index in [-0.39, 0.29) is 17.2 Å². The quantitative estimate of drug-likeness (QED) is 0.454. The predicted octanol–water partition coefficient (Wildman–Crippen LogP) is 4.15. The molecule has 0 bridgehead atoms. The van der Waals surface area contributed by atoms with Crippen LogP contribution in [-0.4, -0.2) is 36.6 Å². The number of nitrogens with zero attached hydrogens (tertiary/aromatic N) is 6. The molecule has 4 aromatic rings. The minimum atomic E-state index is -4.53. The summed E-state index contributed by atoms with van der Waals surface area (Å²) < 4.78 is 42.7. The number of benzene rings is 1. The Kier molecular flexibility index (Phi) is 5.15. The standard InChI is InChI=1S/C23H21F3N6O/c1-15-22(23(24,25)26)28-19-12-10-16(29-32(15)19)9-11-18-27-20(30-13-5-8-21(30)33)14-31(18)17-6-3-2-4-7-17/h2-4,6-7,10,12,14H,5,8-9,11,13H2,1H3. The van der Waals surface area contributed by atoms with Gasteiger partial charge in [0.15, 0.2) is 17.2 Å². The summed E-state index contributed by atoms with van der Waals surface area (Å²) in [5.74, 6) is 1.42. The second-order valence-corrected chi connectivity index (χ2v) is 8.01. The molecule has 10 heteroatoms. The molecule has 4 heterocycles. The molecule has 33 heavy (non-hydrogen) atoms. The third-order valence-corrected chi connectivity index (χ3v) is 5.78. The average Bonchev–Trinajstić information content (AvgIpc) is 3.49. The van der Waals surface area contributed by atoms with Crippen molar-refractivity contribution >= 4 is 17.4 Å². The number of rotatable bonds is 5. The van der Waals surface area contributed by atoms with Gasteiger partial charge in [-0.2, -0.15) is 18.3 Å². The number of para-hydroxylation sites is 1. The van der Waals surface area contributed by atoms with Crippen molar-refractivity contribution in [3.05, 3.63) is 71.6 Å². The number of alkyl halides is 3. The Morgan fingerprint density at radius 1 is 1.03 bits per heavy atom. The lowest BCUT2D eigenvalue weighted by molar-refractivity contribution is -0.141. The average molecular weight is 454 g/mol. The van der Waals surface area contributed by atoms with Crippen LogP contribution in [0.2, 0.25) is 0 Å². The molecule has 0 saturated carbocycles. The van der Waals surface area contributed by atoms with E-state index in [0.717, 1.165) is 17.9 Å². The van der Waals surface area contributed by atoms with Gasteiger partial charge in [-0.15, -0.1) is 0 Å². The van der Waals surface area contributed by atoms with Gasteiger partial charge in [-0.3, -0.25) is 9.69 Å². The van der Waals surface area contributed by atoms with E-state index in [4.69, 9.17) is 4.98 Å². The van der Waals surface area contributed by atoms with Crippen LogP contribution in [0.4, 0.5) is 19.0 Å². The lowest BCUT2D eigenvalue weighted by atomic mass is 10.2. The second-order valence-electron chi connectivity index (χ2n) is 8.01. The van der Waals surface area contributed by atoms with E-state index in [2.05, 4.69) is 10.1 Å². The van der Waals surface area contributed by atoms with Gasteiger partial charge in [0.05, 0.1) is 17.6 Å². The van der Waals surface area contributed by atoms with E-state index < -0.39 is 11.9 Å². The second kappa shape index (κ2) is 8.02. The van der Waals surface area contributed by atoms with Gasteiger partial charge in [-0.05, 0) is 44.0 Å². The monoisotopic (exact) mass is 454 g/mol. The number of hydrogen-bond acceptors (Lipinski definition) is 4. The molecule has 1 aliphatic rings. The lowest BCUT2D eigenvalue weighted by Crippen LogP contribution is -2.24. The maximum atomic E-state index is 13.2. The van der Waals surface area contributed by atoms with E-state index in [0.29, 0.717) is 37.3 Å². The van der Waals surface area contributed by atoms with Crippen molar-refractivity contribution in [1.82, 2.24) is 24.1 Å². The molecule has 0 aliphatic carbocycles. The minimum absolute atomic E-state index is 0.0417. The van der Waals surface area contributed by atoms with Crippen molar-refractivity contribution < 1.29 is 18.0 Å². The minimum Gasteiger partial charge on any atom is -0.302 e. The highest BCUT2D eigenvalue weighted by Gasteiger charge is 2.36. The molecule has 1 saturated heterocycles. The van der Waals surface area contributed by atoms with Crippen LogP contribution in [0, 0.1) is 6.92 Å².